The number of aromatic amines is 2. The van der Waals surface area contributed by atoms with E-state index >= 15 is 0 Å². The van der Waals surface area contributed by atoms with E-state index in [4.69, 9.17) is 0 Å². The van der Waals surface area contributed by atoms with Crippen molar-refractivity contribution < 1.29 is 14.7 Å². The van der Waals surface area contributed by atoms with Crippen LogP contribution in [-0.4, -0.2) is 73.6 Å². The number of pyridine rings is 1. The van der Waals surface area contributed by atoms with E-state index in [0.29, 0.717) is 43.2 Å². The van der Waals surface area contributed by atoms with Crippen LogP contribution in [0, 0.1) is 13.8 Å². The maximum atomic E-state index is 12.7. The summed E-state index contributed by atoms with van der Waals surface area (Å²) >= 11 is 0. The molecule has 3 aromatic heterocycles. The van der Waals surface area contributed by atoms with E-state index in [-0.39, 0.29) is 5.91 Å². The smallest absolute Gasteiger partial charge is 0.407 e. The molecule has 0 bridgehead atoms. The van der Waals surface area contributed by atoms with Crippen molar-refractivity contribution in [2.75, 3.05) is 36.4 Å². The largest absolute Gasteiger partial charge is 0.465 e. The maximum absolute atomic E-state index is 12.7. The number of anilines is 2. The number of carbonyl (C=O) groups excluding carboxylic acids is 1. The molecule has 1 fully saturated rings. The molecule has 1 aromatic carbocycles. The number of H-pyrrole nitrogens is 2. The number of piperazine rings is 1. The van der Waals surface area contributed by atoms with Crippen LogP contribution in [0.15, 0.2) is 36.5 Å². The van der Waals surface area contributed by atoms with Crippen molar-refractivity contribution in [3.8, 4) is 11.3 Å². The highest BCUT2D eigenvalue weighted by atomic mass is 16.4. The van der Waals surface area contributed by atoms with E-state index < -0.39 is 6.09 Å². The second-order valence-electron chi connectivity index (χ2n) is 8.28. The van der Waals surface area contributed by atoms with Gasteiger partial charge < -0.3 is 20.2 Å². The Morgan fingerprint density at radius 2 is 1.85 bits per heavy atom. The summed E-state index contributed by atoms with van der Waals surface area (Å²) in [6, 6.07) is 9.83. The summed E-state index contributed by atoms with van der Waals surface area (Å²) in [5.74, 6) is -0.310. The lowest BCUT2D eigenvalue weighted by Gasteiger charge is -2.34. The molecule has 0 saturated carbocycles. The van der Waals surface area contributed by atoms with Crippen LogP contribution in [-0.2, 0) is 0 Å². The Morgan fingerprint density at radius 1 is 1.06 bits per heavy atom. The van der Waals surface area contributed by atoms with Crippen LogP contribution >= 0.6 is 0 Å². The number of rotatable bonds is 4. The molecular formula is C23H24N8O3. The van der Waals surface area contributed by atoms with Gasteiger partial charge in [0.1, 0.15) is 0 Å². The molecular weight excluding hydrogens is 436 g/mol. The van der Waals surface area contributed by atoms with Crippen molar-refractivity contribution in [2.24, 2.45) is 0 Å². The van der Waals surface area contributed by atoms with Crippen molar-refractivity contribution in [2.45, 2.75) is 13.8 Å². The van der Waals surface area contributed by atoms with E-state index in [1.165, 1.54) is 4.90 Å². The number of amides is 2. The van der Waals surface area contributed by atoms with E-state index in [1.54, 1.807) is 6.20 Å². The summed E-state index contributed by atoms with van der Waals surface area (Å²) in [6.45, 7) is 5.90. The highest BCUT2D eigenvalue weighted by molar-refractivity contribution is 6.05. The van der Waals surface area contributed by atoms with Crippen LogP contribution in [0.2, 0.25) is 0 Å². The lowest BCUT2D eigenvalue weighted by atomic mass is 10.1. The molecule has 4 N–H and O–H groups in total. The SMILES string of the molecule is Cc1[nH]nc(C(=O)Nc2cnc3n[nH]c(-c4cccc(N5CCN(C(=O)O)CC5)c4)c3c2)c1C. The standard InChI is InChI=1S/C23H24N8O3/c1-13-14(2)26-27-19(13)22(32)25-16-11-18-20(28-29-21(18)24-12-16)15-4-3-5-17(10-15)30-6-8-31(9-7-30)23(33)34/h3-5,10-12H,6-9H2,1-2H3,(H,25,32)(H,26,27)(H,33,34)(H,24,28,29). The zero-order chi connectivity index (χ0) is 23.8. The minimum absolute atomic E-state index is 0.310. The Hall–Kier alpha value is -4.41. The van der Waals surface area contributed by atoms with Gasteiger partial charge in [-0.2, -0.15) is 10.2 Å². The third-order valence-corrected chi connectivity index (χ3v) is 6.19. The fourth-order valence-electron chi connectivity index (χ4n) is 4.10. The van der Waals surface area contributed by atoms with Crippen LogP contribution in [0.4, 0.5) is 16.2 Å². The van der Waals surface area contributed by atoms with Crippen molar-refractivity contribution in [3.05, 3.63) is 53.5 Å². The van der Waals surface area contributed by atoms with Gasteiger partial charge >= 0.3 is 6.09 Å². The minimum atomic E-state index is -0.884. The second kappa shape index (κ2) is 8.50. The molecule has 11 nitrogen and oxygen atoms in total. The third kappa shape index (κ3) is 3.91. The van der Waals surface area contributed by atoms with Gasteiger partial charge in [-0.3, -0.25) is 15.0 Å². The Labute approximate surface area is 194 Å². The fourth-order valence-corrected chi connectivity index (χ4v) is 4.10. The molecule has 0 atom stereocenters. The van der Waals surface area contributed by atoms with Crippen LogP contribution in [0.5, 0.6) is 0 Å². The summed E-state index contributed by atoms with van der Waals surface area (Å²) < 4.78 is 0. The molecule has 0 spiro atoms. The number of hydrogen-bond acceptors (Lipinski definition) is 6. The first-order valence-corrected chi connectivity index (χ1v) is 10.9. The third-order valence-electron chi connectivity index (χ3n) is 6.19. The molecule has 4 heterocycles. The zero-order valence-corrected chi connectivity index (χ0v) is 18.8. The van der Waals surface area contributed by atoms with Gasteiger partial charge in [-0.1, -0.05) is 12.1 Å². The van der Waals surface area contributed by atoms with Crippen molar-refractivity contribution in [3.63, 3.8) is 0 Å². The van der Waals surface area contributed by atoms with E-state index in [2.05, 4.69) is 35.6 Å². The quantitative estimate of drug-likeness (QED) is 0.366. The minimum Gasteiger partial charge on any atom is -0.465 e. The number of aryl methyl sites for hydroxylation is 1. The number of hydrogen-bond donors (Lipinski definition) is 4. The van der Waals surface area contributed by atoms with Gasteiger partial charge in [-0.25, -0.2) is 9.78 Å². The van der Waals surface area contributed by atoms with Crippen molar-refractivity contribution in [1.29, 1.82) is 0 Å². The monoisotopic (exact) mass is 460 g/mol. The van der Waals surface area contributed by atoms with Gasteiger partial charge in [0.2, 0.25) is 0 Å². The summed E-state index contributed by atoms with van der Waals surface area (Å²) in [5, 5.41) is 27.1. The predicted octanol–water partition coefficient (Wildman–Crippen LogP) is 3.02. The molecule has 174 valence electrons. The Bertz CT molecular complexity index is 1380. The summed E-state index contributed by atoms with van der Waals surface area (Å²) in [4.78, 5) is 31.8. The van der Waals surface area contributed by atoms with Gasteiger partial charge in [0, 0.05) is 54.1 Å². The van der Waals surface area contributed by atoms with Gasteiger partial charge in [0.25, 0.3) is 5.91 Å². The van der Waals surface area contributed by atoms with E-state index in [1.807, 2.05) is 44.2 Å². The molecule has 1 aliphatic rings. The molecule has 34 heavy (non-hydrogen) atoms. The van der Waals surface area contributed by atoms with Gasteiger partial charge in [0.15, 0.2) is 11.3 Å². The van der Waals surface area contributed by atoms with E-state index in [0.717, 1.165) is 33.6 Å². The average Bonchev–Trinajstić information content (AvgIpc) is 3.42. The number of nitrogens with one attached hydrogen (secondary N) is 3. The highest BCUT2D eigenvalue weighted by Gasteiger charge is 2.21. The van der Waals surface area contributed by atoms with Gasteiger partial charge in [-0.15, -0.1) is 0 Å². The summed E-state index contributed by atoms with van der Waals surface area (Å²) in [5.41, 5.74) is 5.80. The Morgan fingerprint density at radius 3 is 2.56 bits per heavy atom. The number of fused-ring (bicyclic) bond motifs is 1. The topological polar surface area (TPSA) is 143 Å². The predicted molar refractivity (Wildman–Crippen MR) is 127 cm³/mol. The molecule has 1 saturated heterocycles. The number of carbonyl (C=O) groups is 2. The van der Waals surface area contributed by atoms with Crippen LogP contribution in [0.1, 0.15) is 21.7 Å². The first-order chi connectivity index (χ1) is 16.4. The number of nitrogens with zero attached hydrogens (tertiary/aromatic N) is 5. The lowest BCUT2D eigenvalue weighted by Crippen LogP contribution is -2.48. The summed E-state index contributed by atoms with van der Waals surface area (Å²) in [6.07, 6.45) is 0.684. The lowest BCUT2D eigenvalue weighted by molar-refractivity contribution is 0.102. The molecule has 5 rings (SSSR count). The number of aromatic nitrogens is 5. The van der Waals surface area contributed by atoms with Crippen LogP contribution in [0.3, 0.4) is 0 Å². The molecule has 4 aromatic rings. The van der Waals surface area contributed by atoms with Gasteiger partial charge in [0.05, 0.1) is 17.6 Å². The van der Waals surface area contributed by atoms with Crippen molar-refractivity contribution >= 4 is 34.4 Å². The van der Waals surface area contributed by atoms with Crippen LogP contribution < -0.4 is 10.2 Å². The number of benzene rings is 1. The van der Waals surface area contributed by atoms with E-state index in [9.17, 15) is 14.7 Å². The van der Waals surface area contributed by atoms with Crippen molar-refractivity contribution in [1.82, 2.24) is 30.3 Å². The molecule has 11 heteroatoms. The first kappa shape index (κ1) is 21.4. The fraction of sp³-hybridized carbons (Fsp3) is 0.261. The Kier molecular flexibility index (Phi) is 5.36. The second-order valence-corrected chi connectivity index (χ2v) is 8.28. The normalized spacial score (nSPS) is 13.9. The molecule has 0 radical (unpaired) electrons. The molecule has 2 amide bonds. The molecule has 0 unspecified atom stereocenters. The van der Waals surface area contributed by atoms with Gasteiger partial charge in [-0.05, 0) is 32.0 Å². The maximum Gasteiger partial charge on any atom is 0.407 e. The molecule has 0 aliphatic carbocycles. The summed E-state index contributed by atoms with van der Waals surface area (Å²) in [7, 11) is 0. The zero-order valence-electron chi connectivity index (χ0n) is 18.8. The Balaban J connectivity index is 1.40. The molecule has 1 aliphatic heterocycles. The number of carboxylic acid groups (broad SMARTS) is 1. The average molecular weight is 460 g/mol. The first-order valence-electron chi connectivity index (χ1n) is 10.9. The van der Waals surface area contributed by atoms with Crippen LogP contribution in [0.25, 0.3) is 22.3 Å². The highest BCUT2D eigenvalue weighted by Crippen LogP contribution is 2.30.